The normalized spacial score (nSPS) is 18.9. The lowest BCUT2D eigenvalue weighted by atomic mass is 10.1. The Bertz CT molecular complexity index is 456. The molecule has 0 spiro atoms. The van der Waals surface area contributed by atoms with Gasteiger partial charge in [-0.3, -0.25) is 4.79 Å². The van der Waals surface area contributed by atoms with Crippen LogP contribution in [-0.4, -0.2) is 36.5 Å². The van der Waals surface area contributed by atoms with E-state index in [0.29, 0.717) is 12.1 Å². The van der Waals surface area contributed by atoms with Crippen molar-refractivity contribution in [2.24, 2.45) is 0 Å². The summed E-state index contributed by atoms with van der Waals surface area (Å²) < 4.78 is 25.8. The summed E-state index contributed by atoms with van der Waals surface area (Å²) in [6, 6.07) is 3.72. The van der Waals surface area contributed by atoms with Crippen LogP contribution in [0, 0.1) is 11.6 Å². The average molecular weight is 291 g/mol. The van der Waals surface area contributed by atoms with Crippen molar-refractivity contribution < 1.29 is 13.6 Å². The molecule has 19 heavy (non-hydrogen) atoms. The van der Waals surface area contributed by atoms with Crippen molar-refractivity contribution in [3.05, 3.63) is 35.4 Å². The predicted molar refractivity (Wildman–Crippen MR) is 71.4 cm³/mol. The minimum absolute atomic E-state index is 0. The number of rotatable bonds is 2. The largest absolute Gasteiger partial charge is 0.337 e. The monoisotopic (exact) mass is 290 g/mol. The SMILES string of the molecule is C[C@H]1CNCCN1C(=O)Cc1ccc(F)c(F)c1.Cl. The van der Waals surface area contributed by atoms with Crippen LogP contribution in [-0.2, 0) is 11.2 Å². The Morgan fingerprint density at radius 1 is 1.42 bits per heavy atom. The van der Waals surface area contributed by atoms with E-state index in [9.17, 15) is 13.6 Å². The highest BCUT2D eigenvalue weighted by atomic mass is 35.5. The number of halogens is 3. The lowest BCUT2D eigenvalue weighted by molar-refractivity contribution is -0.133. The number of nitrogens with one attached hydrogen (secondary N) is 1. The van der Waals surface area contributed by atoms with E-state index >= 15 is 0 Å². The van der Waals surface area contributed by atoms with E-state index < -0.39 is 11.6 Å². The fraction of sp³-hybridized carbons (Fsp3) is 0.462. The van der Waals surface area contributed by atoms with Gasteiger partial charge in [0.2, 0.25) is 5.91 Å². The zero-order chi connectivity index (χ0) is 13.1. The number of piperazine rings is 1. The molecule has 2 rings (SSSR count). The minimum Gasteiger partial charge on any atom is -0.337 e. The van der Waals surface area contributed by atoms with Crippen LogP contribution in [0.25, 0.3) is 0 Å². The number of nitrogens with zero attached hydrogens (tertiary/aromatic N) is 1. The molecule has 106 valence electrons. The highest BCUT2D eigenvalue weighted by molar-refractivity contribution is 5.85. The Labute approximate surface area is 117 Å². The first-order valence-corrected chi connectivity index (χ1v) is 6.02. The second-order valence-corrected chi connectivity index (χ2v) is 4.57. The summed E-state index contributed by atoms with van der Waals surface area (Å²) >= 11 is 0. The fourth-order valence-corrected chi connectivity index (χ4v) is 2.14. The van der Waals surface area contributed by atoms with E-state index in [-0.39, 0.29) is 30.8 Å². The fourth-order valence-electron chi connectivity index (χ4n) is 2.14. The summed E-state index contributed by atoms with van der Waals surface area (Å²) in [4.78, 5) is 13.8. The van der Waals surface area contributed by atoms with Crippen LogP contribution in [0.2, 0.25) is 0 Å². The molecule has 1 aliphatic heterocycles. The maximum absolute atomic E-state index is 13.0. The van der Waals surface area contributed by atoms with Crippen LogP contribution in [0.1, 0.15) is 12.5 Å². The third kappa shape index (κ3) is 3.88. The Morgan fingerprint density at radius 2 is 2.16 bits per heavy atom. The summed E-state index contributed by atoms with van der Waals surface area (Å²) in [5.41, 5.74) is 0.504. The third-order valence-electron chi connectivity index (χ3n) is 3.16. The number of hydrogen-bond acceptors (Lipinski definition) is 2. The lowest BCUT2D eigenvalue weighted by Gasteiger charge is -2.34. The van der Waals surface area contributed by atoms with E-state index in [2.05, 4.69) is 5.32 Å². The first-order chi connectivity index (χ1) is 8.58. The second kappa shape index (κ2) is 6.82. The van der Waals surface area contributed by atoms with Gasteiger partial charge in [-0.1, -0.05) is 6.07 Å². The van der Waals surface area contributed by atoms with Gasteiger partial charge in [-0.2, -0.15) is 0 Å². The van der Waals surface area contributed by atoms with Gasteiger partial charge < -0.3 is 10.2 Å². The van der Waals surface area contributed by atoms with Crippen molar-refractivity contribution in [3.8, 4) is 0 Å². The van der Waals surface area contributed by atoms with Crippen LogP contribution in [0.4, 0.5) is 8.78 Å². The van der Waals surface area contributed by atoms with Crippen molar-refractivity contribution >= 4 is 18.3 Å². The first-order valence-electron chi connectivity index (χ1n) is 6.02. The van der Waals surface area contributed by atoms with E-state index in [4.69, 9.17) is 0 Å². The van der Waals surface area contributed by atoms with Crippen molar-refractivity contribution in [2.45, 2.75) is 19.4 Å². The van der Waals surface area contributed by atoms with Crippen molar-refractivity contribution in [1.29, 1.82) is 0 Å². The maximum atomic E-state index is 13.0. The zero-order valence-electron chi connectivity index (χ0n) is 10.7. The highest BCUT2D eigenvalue weighted by Crippen LogP contribution is 2.12. The van der Waals surface area contributed by atoms with Gasteiger partial charge in [0.25, 0.3) is 0 Å². The van der Waals surface area contributed by atoms with Gasteiger partial charge in [0, 0.05) is 25.7 Å². The molecule has 1 N–H and O–H groups in total. The van der Waals surface area contributed by atoms with E-state index in [1.165, 1.54) is 6.07 Å². The maximum Gasteiger partial charge on any atom is 0.227 e. The van der Waals surface area contributed by atoms with E-state index in [1.807, 2.05) is 6.92 Å². The van der Waals surface area contributed by atoms with Gasteiger partial charge in [0.05, 0.1) is 6.42 Å². The number of benzene rings is 1. The molecule has 0 aliphatic carbocycles. The van der Waals surface area contributed by atoms with Crippen LogP contribution in [0.5, 0.6) is 0 Å². The molecule has 0 aromatic heterocycles. The van der Waals surface area contributed by atoms with Gasteiger partial charge >= 0.3 is 0 Å². The molecule has 0 radical (unpaired) electrons. The molecule has 0 unspecified atom stereocenters. The highest BCUT2D eigenvalue weighted by Gasteiger charge is 2.22. The number of amides is 1. The molecule has 1 aliphatic rings. The average Bonchev–Trinajstić information content (AvgIpc) is 2.34. The molecular formula is C13H17ClF2N2O. The standard InChI is InChI=1S/C13H16F2N2O.ClH/c1-9-8-16-4-5-17(9)13(18)7-10-2-3-11(14)12(15)6-10;/h2-3,6,9,16H,4-5,7-8H2,1H3;1H/t9-;/m0./s1. The Morgan fingerprint density at radius 3 is 2.79 bits per heavy atom. The molecule has 1 fully saturated rings. The lowest BCUT2D eigenvalue weighted by Crippen LogP contribution is -2.52. The summed E-state index contributed by atoms with van der Waals surface area (Å²) in [6.07, 6.45) is 0.113. The topological polar surface area (TPSA) is 32.3 Å². The van der Waals surface area contributed by atoms with Gasteiger partial charge in [0.15, 0.2) is 11.6 Å². The molecule has 1 amide bonds. The Balaban J connectivity index is 0.00000180. The van der Waals surface area contributed by atoms with Crippen molar-refractivity contribution in [1.82, 2.24) is 10.2 Å². The summed E-state index contributed by atoms with van der Waals surface area (Å²) in [7, 11) is 0. The third-order valence-corrected chi connectivity index (χ3v) is 3.16. The molecule has 1 aromatic carbocycles. The van der Waals surface area contributed by atoms with E-state index in [0.717, 1.165) is 25.2 Å². The second-order valence-electron chi connectivity index (χ2n) is 4.57. The van der Waals surface area contributed by atoms with E-state index in [1.54, 1.807) is 4.90 Å². The Hall–Kier alpha value is -1.20. The molecule has 1 heterocycles. The van der Waals surface area contributed by atoms with Crippen molar-refractivity contribution in [3.63, 3.8) is 0 Å². The summed E-state index contributed by atoms with van der Waals surface area (Å²) in [6.45, 7) is 4.16. The summed E-state index contributed by atoms with van der Waals surface area (Å²) in [5.74, 6) is -1.84. The van der Waals surface area contributed by atoms with Crippen molar-refractivity contribution in [2.75, 3.05) is 19.6 Å². The van der Waals surface area contributed by atoms with Gasteiger partial charge in [0.1, 0.15) is 0 Å². The zero-order valence-corrected chi connectivity index (χ0v) is 11.5. The molecule has 6 heteroatoms. The Kier molecular flexibility index (Phi) is 5.69. The molecular weight excluding hydrogens is 274 g/mol. The van der Waals surface area contributed by atoms with Crippen LogP contribution in [0.15, 0.2) is 18.2 Å². The quantitative estimate of drug-likeness (QED) is 0.900. The molecule has 1 aromatic rings. The number of carbonyl (C=O) groups excluding carboxylic acids is 1. The van der Waals surface area contributed by atoms with Gasteiger partial charge in [-0.15, -0.1) is 12.4 Å². The molecule has 3 nitrogen and oxygen atoms in total. The number of carbonyl (C=O) groups is 1. The van der Waals surface area contributed by atoms with Crippen LogP contribution >= 0.6 is 12.4 Å². The molecule has 1 atom stereocenters. The molecule has 1 saturated heterocycles. The van der Waals surface area contributed by atoms with Gasteiger partial charge in [-0.25, -0.2) is 8.78 Å². The molecule has 0 saturated carbocycles. The first kappa shape index (κ1) is 15.9. The minimum atomic E-state index is -0.909. The predicted octanol–water partition coefficient (Wildman–Crippen LogP) is 1.75. The number of hydrogen-bond donors (Lipinski definition) is 1. The van der Waals surface area contributed by atoms with Crippen LogP contribution < -0.4 is 5.32 Å². The van der Waals surface area contributed by atoms with Gasteiger partial charge in [-0.05, 0) is 24.6 Å². The smallest absolute Gasteiger partial charge is 0.227 e. The molecule has 0 bridgehead atoms. The van der Waals surface area contributed by atoms with Crippen LogP contribution in [0.3, 0.4) is 0 Å². The summed E-state index contributed by atoms with van der Waals surface area (Å²) in [5, 5.41) is 3.20.